The van der Waals surface area contributed by atoms with Crippen LogP contribution in [0.1, 0.15) is 6.92 Å². The minimum Gasteiger partial charge on any atom is -0.496 e. The quantitative estimate of drug-likeness (QED) is 0.671. The van der Waals surface area contributed by atoms with Gasteiger partial charge in [-0.2, -0.15) is 0 Å². The zero-order valence-electron chi connectivity index (χ0n) is 14.0. The lowest BCUT2D eigenvalue weighted by Crippen LogP contribution is -2.26. The molecule has 0 aliphatic heterocycles. The Kier molecular flexibility index (Phi) is 4.99. The highest BCUT2D eigenvalue weighted by Crippen LogP contribution is 2.35. The van der Waals surface area contributed by atoms with Crippen molar-refractivity contribution >= 4 is 32.9 Å². The van der Waals surface area contributed by atoms with Crippen molar-refractivity contribution in [2.75, 3.05) is 7.11 Å². The lowest BCUT2D eigenvalue weighted by atomic mass is 10.1. The molecule has 0 bridgehead atoms. The molecule has 0 saturated carbocycles. The Morgan fingerprint density at radius 1 is 1.23 bits per heavy atom. The molecule has 0 fully saturated rings. The Bertz CT molecular complexity index is 1040. The number of para-hydroxylation sites is 1. The van der Waals surface area contributed by atoms with E-state index in [-0.39, 0.29) is 11.5 Å². The zero-order chi connectivity index (χ0) is 18.8. The summed E-state index contributed by atoms with van der Waals surface area (Å²) in [5.74, 6) is -0.557. The highest BCUT2D eigenvalue weighted by Gasteiger charge is 2.23. The van der Waals surface area contributed by atoms with Gasteiger partial charge in [-0.25, -0.2) is 4.79 Å². The van der Waals surface area contributed by atoms with Crippen LogP contribution in [0.5, 0.6) is 11.5 Å². The zero-order valence-corrected chi connectivity index (χ0v) is 15.6. The first-order valence-electron chi connectivity index (χ1n) is 7.71. The number of rotatable bonds is 5. The van der Waals surface area contributed by atoms with Crippen molar-refractivity contribution < 1.29 is 23.8 Å². The molecule has 0 spiro atoms. The van der Waals surface area contributed by atoms with Gasteiger partial charge >= 0.3 is 5.97 Å². The summed E-state index contributed by atoms with van der Waals surface area (Å²) in [4.78, 5) is 24.1. The van der Waals surface area contributed by atoms with Gasteiger partial charge in [-0.15, -0.1) is 0 Å². The number of hydrogen-bond acceptors (Lipinski definition) is 5. The number of aliphatic carboxylic acids is 1. The number of ether oxygens (including phenoxy) is 2. The van der Waals surface area contributed by atoms with E-state index in [1.54, 1.807) is 49.6 Å². The van der Waals surface area contributed by atoms with Gasteiger partial charge in [0.15, 0.2) is 11.9 Å². The molecule has 1 atom stereocenters. The Hall–Kier alpha value is -2.80. The fourth-order valence-electron chi connectivity index (χ4n) is 2.46. The lowest BCUT2D eigenvalue weighted by Gasteiger charge is -2.14. The molecule has 2 aromatic carbocycles. The number of methoxy groups -OCH3 is 1. The molecule has 0 amide bonds. The van der Waals surface area contributed by atoms with Crippen molar-refractivity contribution in [3.05, 3.63) is 57.2 Å². The van der Waals surface area contributed by atoms with Crippen LogP contribution in [-0.2, 0) is 4.79 Å². The molecule has 1 aromatic heterocycles. The first-order chi connectivity index (χ1) is 12.4. The summed E-state index contributed by atoms with van der Waals surface area (Å²) in [5, 5.41) is 9.46. The normalized spacial score (nSPS) is 12.0. The van der Waals surface area contributed by atoms with E-state index in [0.717, 1.165) is 0 Å². The lowest BCUT2D eigenvalue weighted by molar-refractivity contribution is -0.144. The number of carbonyl (C=O) groups is 1. The number of benzene rings is 2. The average molecular weight is 419 g/mol. The van der Waals surface area contributed by atoms with E-state index >= 15 is 0 Å². The first kappa shape index (κ1) is 18.0. The van der Waals surface area contributed by atoms with Gasteiger partial charge in [-0.3, -0.25) is 4.79 Å². The average Bonchev–Trinajstić information content (AvgIpc) is 2.63. The van der Waals surface area contributed by atoms with Crippen molar-refractivity contribution in [1.29, 1.82) is 0 Å². The van der Waals surface area contributed by atoms with E-state index in [4.69, 9.17) is 19.0 Å². The van der Waals surface area contributed by atoms with Crippen LogP contribution < -0.4 is 14.9 Å². The van der Waals surface area contributed by atoms with Crippen molar-refractivity contribution in [2.45, 2.75) is 13.0 Å². The summed E-state index contributed by atoms with van der Waals surface area (Å²) < 4.78 is 17.2. The second-order valence-corrected chi connectivity index (χ2v) is 6.39. The first-order valence-corrected chi connectivity index (χ1v) is 8.51. The number of carboxylic acids is 1. The molecular formula is C19H15BrO6. The third kappa shape index (κ3) is 3.30. The number of carboxylic acid groups (broad SMARTS) is 1. The third-order valence-electron chi connectivity index (χ3n) is 3.81. The minimum absolute atomic E-state index is 0.143. The molecule has 1 unspecified atom stereocenters. The van der Waals surface area contributed by atoms with Crippen LogP contribution in [0, 0.1) is 0 Å². The van der Waals surface area contributed by atoms with Crippen LogP contribution in [-0.4, -0.2) is 24.3 Å². The number of hydrogen-bond donors (Lipinski definition) is 1. The summed E-state index contributed by atoms with van der Waals surface area (Å²) in [5.41, 5.74) is 0.504. The van der Waals surface area contributed by atoms with Crippen molar-refractivity contribution in [2.24, 2.45) is 0 Å². The molecule has 0 aliphatic rings. The second kappa shape index (κ2) is 7.21. The maximum atomic E-state index is 12.9. The monoisotopic (exact) mass is 418 g/mol. The maximum Gasteiger partial charge on any atom is 0.344 e. The molecular weight excluding hydrogens is 404 g/mol. The Morgan fingerprint density at radius 2 is 1.96 bits per heavy atom. The summed E-state index contributed by atoms with van der Waals surface area (Å²) in [7, 11) is 1.54. The van der Waals surface area contributed by atoms with Crippen LogP contribution in [0.25, 0.3) is 22.3 Å². The summed E-state index contributed by atoms with van der Waals surface area (Å²) in [6.07, 6.45) is -1.21. The largest absolute Gasteiger partial charge is 0.496 e. The molecule has 3 aromatic rings. The van der Waals surface area contributed by atoms with E-state index in [1.807, 2.05) is 0 Å². The molecule has 26 heavy (non-hydrogen) atoms. The van der Waals surface area contributed by atoms with Crippen LogP contribution in [0.2, 0.25) is 0 Å². The van der Waals surface area contributed by atoms with Gasteiger partial charge in [0.05, 0.1) is 17.0 Å². The van der Waals surface area contributed by atoms with E-state index < -0.39 is 17.5 Å². The minimum atomic E-state index is -1.21. The standard InChI is InChI=1S/C19H15BrO6/c1-10(19(22)23)25-18-16(21)12-5-3-4-6-14(12)26-17(18)11-7-8-15(24-2)13(20)9-11/h3-10H,1-2H3,(H,22,23). The van der Waals surface area contributed by atoms with Gasteiger partial charge < -0.3 is 19.0 Å². The Balaban J connectivity index is 2.26. The Labute approximate surface area is 157 Å². The van der Waals surface area contributed by atoms with Gasteiger partial charge in [0, 0.05) is 5.56 Å². The third-order valence-corrected chi connectivity index (χ3v) is 4.43. The topological polar surface area (TPSA) is 86.0 Å². The fourth-order valence-corrected chi connectivity index (χ4v) is 3.00. The maximum absolute atomic E-state index is 12.9. The smallest absolute Gasteiger partial charge is 0.344 e. The van der Waals surface area contributed by atoms with Crippen LogP contribution in [0.15, 0.2) is 56.1 Å². The van der Waals surface area contributed by atoms with Gasteiger partial charge in [0.25, 0.3) is 0 Å². The van der Waals surface area contributed by atoms with Crippen molar-refractivity contribution in [1.82, 2.24) is 0 Å². The summed E-state index contributed by atoms with van der Waals surface area (Å²) >= 11 is 3.39. The molecule has 7 heteroatoms. The molecule has 0 aliphatic carbocycles. The SMILES string of the molecule is COc1ccc(-c2oc3ccccc3c(=O)c2OC(C)C(=O)O)cc1Br. The fraction of sp³-hybridized carbons (Fsp3) is 0.158. The highest BCUT2D eigenvalue weighted by molar-refractivity contribution is 9.10. The van der Waals surface area contributed by atoms with Gasteiger partial charge in [-0.05, 0) is 53.2 Å². The highest BCUT2D eigenvalue weighted by atomic mass is 79.9. The number of halogens is 1. The molecule has 134 valence electrons. The van der Waals surface area contributed by atoms with Crippen LogP contribution >= 0.6 is 15.9 Å². The van der Waals surface area contributed by atoms with E-state index in [9.17, 15) is 9.59 Å². The number of fused-ring (bicyclic) bond motifs is 1. The Morgan fingerprint density at radius 3 is 2.62 bits per heavy atom. The molecule has 3 rings (SSSR count). The van der Waals surface area contributed by atoms with Gasteiger partial charge in [-0.1, -0.05) is 12.1 Å². The molecule has 0 saturated heterocycles. The van der Waals surface area contributed by atoms with Gasteiger partial charge in [0.2, 0.25) is 11.2 Å². The molecule has 0 radical (unpaired) electrons. The van der Waals surface area contributed by atoms with Crippen LogP contribution in [0.3, 0.4) is 0 Å². The van der Waals surface area contributed by atoms with E-state index in [1.165, 1.54) is 6.92 Å². The van der Waals surface area contributed by atoms with Gasteiger partial charge in [0.1, 0.15) is 11.3 Å². The van der Waals surface area contributed by atoms with Crippen LogP contribution in [0.4, 0.5) is 0 Å². The molecule has 6 nitrogen and oxygen atoms in total. The summed E-state index contributed by atoms with van der Waals surface area (Å²) in [6, 6.07) is 11.8. The van der Waals surface area contributed by atoms with E-state index in [2.05, 4.69) is 15.9 Å². The van der Waals surface area contributed by atoms with Crippen molar-refractivity contribution in [3.8, 4) is 22.8 Å². The molecule has 1 N–H and O–H groups in total. The predicted molar refractivity (Wildman–Crippen MR) is 99.9 cm³/mol. The molecule has 1 heterocycles. The van der Waals surface area contributed by atoms with E-state index in [0.29, 0.717) is 26.8 Å². The van der Waals surface area contributed by atoms with Crippen molar-refractivity contribution in [3.63, 3.8) is 0 Å². The predicted octanol–water partition coefficient (Wildman–Crippen LogP) is 4.08. The summed E-state index contributed by atoms with van der Waals surface area (Å²) in [6.45, 7) is 1.35. The second-order valence-electron chi connectivity index (χ2n) is 5.53.